The summed E-state index contributed by atoms with van der Waals surface area (Å²) in [6.07, 6.45) is 2.38. The second-order valence-electron chi connectivity index (χ2n) is 7.08. The predicted molar refractivity (Wildman–Crippen MR) is 84.6 cm³/mol. The molecule has 0 radical (unpaired) electrons. The molecule has 2 bridgehead atoms. The summed E-state index contributed by atoms with van der Waals surface area (Å²) in [6.45, 7) is 4.82. The van der Waals surface area contributed by atoms with Crippen LogP contribution in [0.2, 0.25) is 0 Å². The number of amides is 1. The monoisotopic (exact) mass is 300 g/mol. The van der Waals surface area contributed by atoms with E-state index >= 15 is 0 Å². The van der Waals surface area contributed by atoms with Gasteiger partial charge < -0.3 is 10.0 Å². The fraction of sp³-hybridized carbons (Fsp3) is 0.611. The maximum Gasteiger partial charge on any atom is 0.248 e. The second-order valence-corrected chi connectivity index (χ2v) is 7.08. The minimum atomic E-state index is -0.365. The number of rotatable bonds is 2. The molecule has 4 heterocycles. The van der Waals surface area contributed by atoms with Crippen LogP contribution >= 0.6 is 0 Å². The Morgan fingerprint density at radius 2 is 1.86 bits per heavy atom. The lowest BCUT2D eigenvalue weighted by molar-refractivity contribution is -0.138. The van der Waals surface area contributed by atoms with Crippen molar-refractivity contribution in [3.63, 3.8) is 0 Å². The molecule has 118 valence electrons. The maximum absolute atomic E-state index is 12.2. The minimum absolute atomic E-state index is 0.0987. The predicted octanol–water partition coefficient (Wildman–Crippen LogP) is 1.38. The third-order valence-electron chi connectivity index (χ3n) is 5.96. The Hall–Kier alpha value is -1.39. The highest BCUT2D eigenvalue weighted by Gasteiger charge is 2.54. The first kappa shape index (κ1) is 14.2. The lowest BCUT2D eigenvalue weighted by Gasteiger charge is -2.51. The summed E-state index contributed by atoms with van der Waals surface area (Å²) in [5.41, 5.74) is 2.61. The first-order chi connectivity index (χ1) is 10.7. The van der Waals surface area contributed by atoms with E-state index in [0.29, 0.717) is 23.9 Å². The largest absolute Gasteiger partial charge is 0.387 e. The zero-order valence-electron chi connectivity index (χ0n) is 13.1. The van der Waals surface area contributed by atoms with Gasteiger partial charge in [0.25, 0.3) is 0 Å². The van der Waals surface area contributed by atoms with E-state index in [-0.39, 0.29) is 12.5 Å². The summed E-state index contributed by atoms with van der Waals surface area (Å²) in [5.74, 6) is 0.892. The molecule has 22 heavy (non-hydrogen) atoms. The number of benzene rings is 1. The molecule has 3 atom stereocenters. The third kappa shape index (κ3) is 2.09. The Morgan fingerprint density at radius 3 is 2.50 bits per heavy atom. The van der Waals surface area contributed by atoms with Gasteiger partial charge in [0.2, 0.25) is 5.91 Å². The van der Waals surface area contributed by atoms with Crippen LogP contribution in [-0.2, 0) is 4.79 Å². The van der Waals surface area contributed by atoms with Gasteiger partial charge in [0.1, 0.15) is 6.61 Å². The second kappa shape index (κ2) is 5.36. The van der Waals surface area contributed by atoms with Crippen LogP contribution in [0.1, 0.15) is 29.9 Å². The highest BCUT2D eigenvalue weighted by atomic mass is 16.3. The van der Waals surface area contributed by atoms with Crippen LogP contribution in [0.4, 0.5) is 0 Å². The number of carbonyl (C=O) groups is 1. The van der Waals surface area contributed by atoms with Gasteiger partial charge in [-0.15, -0.1) is 0 Å². The van der Waals surface area contributed by atoms with Crippen molar-refractivity contribution in [2.75, 3.05) is 26.2 Å². The molecule has 4 aliphatic rings. The van der Waals surface area contributed by atoms with Gasteiger partial charge in [-0.2, -0.15) is 0 Å². The molecule has 1 aromatic carbocycles. The fourth-order valence-electron chi connectivity index (χ4n) is 4.90. The first-order valence-electron chi connectivity index (χ1n) is 8.40. The molecule has 0 saturated carbocycles. The van der Waals surface area contributed by atoms with Crippen molar-refractivity contribution in [1.82, 2.24) is 9.80 Å². The minimum Gasteiger partial charge on any atom is -0.387 e. The SMILES string of the molecule is Cc1ccc([C@@H]2CN(C(=O)CO)[C@@H]3C4CCN(CC4)[C@@H]32)cc1. The van der Waals surface area contributed by atoms with E-state index in [1.807, 2.05) is 4.90 Å². The van der Waals surface area contributed by atoms with Crippen molar-refractivity contribution in [2.24, 2.45) is 5.92 Å². The van der Waals surface area contributed by atoms with Gasteiger partial charge >= 0.3 is 0 Å². The number of hydrogen-bond donors (Lipinski definition) is 1. The average molecular weight is 300 g/mol. The van der Waals surface area contributed by atoms with Crippen molar-refractivity contribution in [2.45, 2.75) is 37.8 Å². The zero-order valence-corrected chi connectivity index (χ0v) is 13.1. The van der Waals surface area contributed by atoms with Crippen molar-refractivity contribution in [3.8, 4) is 0 Å². The van der Waals surface area contributed by atoms with Crippen LogP contribution in [-0.4, -0.2) is 59.1 Å². The van der Waals surface area contributed by atoms with E-state index in [1.54, 1.807) is 0 Å². The summed E-state index contributed by atoms with van der Waals surface area (Å²) in [4.78, 5) is 16.8. The van der Waals surface area contributed by atoms with Crippen molar-refractivity contribution in [1.29, 1.82) is 0 Å². The number of likely N-dealkylation sites (tertiary alicyclic amines) is 1. The molecule has 1 amide bonds. The molecular weight excluding hydrogens is 276 g/mol. The molecular formula is C18H24N2O2. The van der Waals surface area contributed by atoms with Crippen LogP contribution in [0.3, 0.4) is 0 Å². The van der Waals surface area contributed by atoms with E-state index in [2.05, 4.69) is 36.1 Å². The van der Waals surface area contributed by atoms with E-state index in [1.165, 1.54) is 24.0 Å². The Labute approximate surface area is 131 Å². The number of aryl methyl sites for hydroxylation is 1. The molecule has 1 N–H and O–H groups in total. The summed E-state index contributed by atoms with van der Waals surface area (Å²) in [5, 5.41) is 9.34. The number of piperidine rings is 3. The Morgan fingerprint density at radius 1 is 1.18 bits per heavy atom. The van der Waals surface area contributed by atoms with Crippen LogP contribution in [0.5, 0.6) is 0 Å². The van der Waals surface area contributed by atoms with Crippen molar-refractivity contribution >= 4 is 5.91 Å². The highest BCUT2D eigenvalue weighted by molar-refractivity contribution is 5.78. The number of aliphatic hydroxyl groups excluding tert-OH is 1. The third-order valence-corrected chi connectivity index (χ3v) is 5.96. The van der Waals surface area contributed by atoms with E-state index in [4.69, 9.17) is 0 Å². The van der Waals surface area contributed by atoms with Crippen LogP contribution in [0, 0.1) is 12.8 Å². The van der Waals surface area contributed by atoms with Gasteiger partial charge in [-0.25, -0.2) is 0 Å². The molecule has 1 aromatic rings. The van der Waals surface area contributed by atoms with Crippen LogP contribution < -0.4 is 0 Å². The molecule has 0 spiro atoms. The Bertz CT molecular complexity index is 563. The molecule has 5 rings (SSSR count). The smallest absolute Gasteiger partial charge is 0.248 e. The number of fused-ring (bicyclic) bond motifs is 2. The first-order valence-corrected chi connectivity index (χ1v) is 8.40. The van der Waals surface area contributed by atoms with Gasteiger partial charge in [0.05, 0.1) is 6.04 Å². The lowest BCUT2D eigenvalue weighted by Crippen LogP contribution is -2.61. The molecule has 4 fully saturated rings. The molecule has 4 heteroatoms. The van der Waals surface area contributed by atoms with Crippen LogP contribution in [0.15, 0.2) is 24.3 Å². The molecule has 4 saturated heterocycles. The molecule has 0 unspecified atom stereocenters. The topological polar surface area (TPSA) is 43.8 Å². The molecule has 0 aliphatic carbocycles. The highest BCUT2D eigenvalue weighted by Crippen LogP contribution is 2.46. The number of aliphatic hydroxyl groups is 1. The maximum atomic E-state index is 12.2. The van der Waals surface area contributed by atoms with Crippen LogP contribution in [0.25, 0.3) is 0 Å². The molecule has 0 aromatic heterocycles. The Kier molecular flexibility index (Phi) is 3.46. The van der Waals surface area contributed by atoms with Gasteiger partial charge in [-0.3, -0.25) is 9.69 Å². The van der Waals surface area contributed by atoms with Gasteiger partial charge in [0.15, 0.2) is 0 Å². The molecule has 4 nitrogen and oxygen atoms in total. The number of hydrogen-bond acceptors (Lipinski definition) is 3. The quantitative estimate of drug-likeness (QED) is 0.897. The van der Waals surface area contributed by atoms with E-state index in [0.717, 1.165) is 19.6 Å². The van der Waals surface area contributed by atoms with E-state index < -0.39 is 0 Å². The van der Waals surface area contributed by atoms with Gasteiger partial charge in [-0.05, 0) is 44.3 Å². The summed E-state index contributed by atoms with van der Waals surface area (Å²) < 4.78 is 0. The number of carbonyl (C=O) groups excluding carboxylic acids is 1. The summed E-state index contributed by atoms with van der Waals surface area (Å²) in [7, 11) is 0. The summed E-state index contributed by atoms with van der Waals surface area (Å²) >= 11 is 0. The normalized spacial score (nSPS) is 36.5. The molecule has 4 aliphatic heterocycles. The lowest BCUT2D eigenvalue weighted by atomic mass is 9.75. The zero-order chi connectivity index (χ0) is 15.3. The average Bonchev–Trinajstić information content (AvgIpc) is 2.99. The van der Waals surface area contributed by atoms with E-state index in [9.17, 15) is 9.90 Å². The van der Waals surface area contributed by atoms with Crippen molar-refractivity contribution in [3.05, 3.63) is 35.4 Å². The summed E-state index contributed by atoms with van der Waals surface area (Å²) in [6, 6.07) is 9.49. The van der Waals surface area contributed by atoms with Gasteiger partial charge in [0, 0.05) is 18.5 Å². The fourth-order valence-corrected chi connectivity index (χ4v) is 4.90. The number of nitrogens with zero attached hydrogens (tertiary/aromatic N) is 2. The standard InChI is InChI=1S/C18H24N2O2/c1-12-2-4-13(5-3-12)15-10-20(16(22)11-21)17-14-6-8-19(9-7-14)18(15)17/h2-5,14-15,17-18,21H,6-11H2,1H3/t15-,17+,18+/m0/s1. The van der Waals surface area contributed by atoms with Crippen molar-refractivity contribution < 1.29 is 9.90 Å². The van der Waals surface area contributed by atoms with Gasteiger partial charge in [-0.1, -0.05) is 29.8 Å². The Balaban J connectivity index is 1.70.